The summed E-state index contributed by atoms with van der Waals surface area (Å²) < 4.78 is 41.2. The maximum Gasteiger partial charge on any atom is 0.436 e. The summed E-state index contributed by atoms with van der Waals surface area (Å²) in [7, 11) is 0. The predicted molar refractivity (Wildman–Crippen MR) is 108 cm³/mol. The number of aryl methyl sites for hydroxylation is 1. The van der Waals surface area contributed by atoms with Crippen molar-refractivity contribution < 1.29 is 22.8 Å². The van der Waals surface area contributed by atoms with E-state index in [9.17, 15) is 22.8 Å². The molecular weight excluding hydrogens is 437 g/mol. The second-order valence-electron chi connectivity index (χ2n) is 6.52. The van der Waals surface area contributed by atoms with Gasteiger partial charge in [0, 0.05) is 18.4 Å². The van der Waals surface area contributed by atoms with Crippen LogP contribution in [-0.2, 0) is 24.1 Å². The van der Waals surface area contributed by atoms with Gasteiger partial charge >= 0.3 is 6.18 Å². The summed E-state index contributed by atoms with van der Waals surface area (Å²) in [6.07, 6.45) is -3.28. The highest BCUT2D eigenvalue weighted by molar-refractivity contribution is 6.32. The number of alkyl halides is 3. The molecule has 0 radical (unpaired) electrons. The quantitative estimate of drug-likeness (QED) is 0.589. The lowest BCUT2D eigenvalue weighted by molar-refractivity contribution is -0.141. The van der Waals surface area contributed by atoms with Gasteiger partial charge in [-0.05, 0) is 26.0 Å². The minimum atomic E-state index is -4.74. The number of nitrogens with one attached hydrogen (secondary N) is 2. The van der Waals surface area contributed by atoms with E-state index in [-0.39, 0.29) is 17.1 Å². The first kappa shape index (κ1) is 22.3. The average molecular weight is 455 g/mol. The van der Waals surface area contributed by atoms with Crippen molar-refractivity contribution in [2.24, 2.45) is 0 Å². The smallest absolute Gasteiger partial charge is 0.321 e. The van der Waals surface area contributed by atoms with E-state index in [1.807, 2.05) is 0 Å². The molecule has 3 aromatic rings. The number of para-hydroxylation sites is 1. The Kier molecular flexibility index (Phi) is 6.34. The number of halogens is 4. The maximum absolute atomic E-state index is 13.0. The number of aromatic nitrogens is 4. The molecule has 2 aromatic heterocycles. The van der Waals surface area contributed by atoms with Crippen molar-refractivity contribution in [1.29, 1.82) is 0 Å². The minimum Gasteiger partial charge on any atom is -0.321 e. The first-order chi connectivity index (χ1) is 14.6. The van der Waals surface area contributed by atoms with Gasteiger partial charge in [0.15, 0.2) is 11.4 Å². The van der Waals surface area contributed by atoms with Gasteiger partial charge in [0.05, 0.1) is 16.4 Å². The van der Waals surface area contributed by atoms with Gasteiger partial charge in [-0.1, -0.05) is 29.8 Å². The number of hydrogen-bond donors (Lipinski definition) is 2. The molecule has 0 saturated heterocycles. The molecule has 12 heteroatoms. The fourth-order valence-corrected chi connectivity index (χ4v) is 2.98. The molecule has 8 nitrogen and oxygen atoms in total. The highest BCUT2D eigenvalue weighted by Crippen LogP contribution is 2.35. The summed E-state index contributed by atoms with van der Waals surface area (Å²) >= 11 is 5.71. The van der Waals surface area contributed by atoms with Crippen LogP contribution in [-0.4, -0.2) is 31.4 Å². The van der Waals surface area contributed by atoms with Crippen molar-refractivity contribution in [1.82, 2.24) is 19.6 Å². The Bertz CT molecular complexity index is 1110. The molecule has 1 aromatic carbocycles. The van der Waals surface area contributed by atoms with E-state index in [2.05, 4.69) is 20.8 Å². The van der Waals surface area contributed by atoms with Gasteiger partial charge in [-0.2, -0.15) is 23.4 Å². The van der Waals surface area contributed by atoms with Gasteiger partial charge in [-0.15, -0.1) is 0 Å². The molecule has 2 amide bonds. The number of hydrogen-bond acceptors (Lipinski definition) is 4. The summed E-state index contributed by atoms with van der Waals surface area (Å²) in [5, 5.41) is 12.2. The van der Waals surface area contributed by atoms with Gasteiger partial charge in [0.2, 0.25) is 5.91 Å². The molecule has 3 rings (SSSR count). The summed E-state index contributed by atoms with van der Waals surface area (Å²) in [5.41, 5.74) is -0.647. The van der Waals surface area contributed by atoms with Crippen LogP contribution in [0.1, 0.15) is 28.8 Å². The number of carbonyl (C=O) groups excluding carboxylic acids is 2. The zero-order valence-electron chi connectivity index (χ0n) is 16.5. The molecule has 0 unspecified atom stereocenters. The Hall–Kier alpha value is -3.34. The van der Waals surface area contributed by atoms with E-state index in [0.717, 1.165) is 4.68 Å². The summed E-state index contributed by atoms with van der Waals surface area (Å²) in [4.78, 5) is 25.1. The lowest BCUT2D eigenvalue weighted by Crippen LogP contribution is -2.22. The van der Waals surface area contributed by atoms with Crippen molar-refractivity contribution in [3.63, 3.8) is 0 Å². The molecule has 2 N–H and O–H groups in total. The molecule has 0 spiro atoms. The van der Waals surface area contributed by atoms with Crippen molar-refractivity contribution in [2.45, 2.75) is 33.1 Å². The third kappa shape index (κ3) is 5.05. The van der Waals surface area contributed by atoms with Crippen LogP contribution in [0, 0.1) is 6.92 Å². The second kappa shape index (κ2) is 8.80. The third-order valence-corrected chi connectivity index (χ3v) is 4.75. The Morgan fingerprint density at radius 1 is 1.13 bits per heavy atom. The SMILES string of the molecule is CCn1cc(NC(=O)Cn2nc(C(F)(F)F)c(Cl)c2C)c(C(=O)Nc2ccccc2)n1. The van der Waals surface area contributed by atoms with Crippen LogP contribution in [0.5, 0.6) is 0 Å². The van der Waals surface area contributed by atoms with Crippen LogP contribution in [0.2, 0.25) is 5.02 Å². The number of rotatable bonds is 6. The maximum atomic E-state index is 13.0. The second-order valence-corrected chi connectivity index (χ2v) is 6.90. The van der Waals surface area contributed by atoms with Crippen LogP contribution in [0.15, 0.2) is 36.5 Å². The fraction of sp³-hybridized carbons (Fsp3) is 0.263. The zero-order valence-corrected chi connectivity index (χ0v) is 17.3. The first-order valence-corrected chi connectivity index (χ1v) is 9.51. The van der Waals surface area contributed by atoms with Crippen molar-refractivity contribution in [3.05, 3.63) is 58.6 Å². The van der Waals surface area contributed by atoms with E-state index in [1.165, 1.54) is 17.8 Å². The topological polar surface area (TPSA) is 93.8 Å². The van der Waals surface area contributed by atoms with Gasteiger partial charge < -0.3 is 10.6 Å². The number of amides is 2. The van der Waals surface area contributed by atoms with Gasteiger partial charge in [0.1, 0.15) is 6.54 Å². The predicted octanol–water partition coefficient (Wildman–Crippen LogP) is 3.97. The molecule has 2 heterocycles. The monoisotopic (exact) mass is 454 g/mol. The minimum absolute atomic E-state index is 0.00422. The lowest BCUT2D eigenvalue weighted by atomic mass is 10.3. The van der Waals surface area contributed by atoms with Crippen molar-refractivity contribution in [2.75, 3.05) is 10.6 Å². The molecule has 0 aliphatic rings. The molecule has 164 valence electrons. The normalized spacial score (nSPS) is 11.4. The third-order valence-electron chi connectivity index (χ3n) is 4.30. The van der Waals surface area contributed by atoms with E-state index in [4.69, 9.17) is 11.6 Å². The van der Waals surface area contributed by atoms with E-state index < -0.39 is 35.3 Å². The fourth-order valence-electron chi connectivity index (χ4n) is 2.74. The average Bonchev–Trinajstić information content (AvgIpc) is 3.24. The summed E-state index contributed by atoms with van der Waals surface area (Å²) in [5.74, 6) is -1.24. The standard InChI is InChI=1S/C19H18ClF3N6O2/c1-3-28-9-13(16(26-28)18(31)24-12-7-5-4-6-8-12)25-14(30)10-29-11(2)15(20)17(27-29)19(21,22)23/h4-9H,3,10H2,1-2H3,(H,24,31)(H,25,30). The Balaban J connectivity index is 1.79. The van der Waals surface area contributed by atoms with Crippen molar-refractivity contribution >= 4 is 34.8 Å². The zero-order chi connectivity index (χ0) is 22.8. The van der Waals surface area contributed by atoms with Gasteiger partial charge in [0.25, 0.3) is 5.91 Å². The lowest BCUT2D eigenvalue weighted by Gasteiger charge is -2.08. The van der Waals surface area contributed by atoms with Gasteiger partial charge in [-0.3, -0.25) is 19.0 Å². The highest BCUT2D eigenvalue weighted by atomic mass is 35.5. The molecule has 0 aliphatic heterocycles. The number of carbonyl (C=O) groups is 2. The largest absolute Gasteiger partial charge is 0.436 e. The highest BCUT2D eigenvalue weighted by Gasteiger charge is 2.38. The number of benzene rings is 1. The molecule has 0 saturated carbocycles. The molecule has 0 fully saturated rings. The van der Waals surface area contributed by atoms with E-state index in [1.54, 1.807) is 37.3 Å². The number of nitrogens with zero attached hydrogens (tertiary/aromatic N) is 4. The Morgan fingerprint density at radius 3 is 2.39 bits per heavy atom. The van der Waals surface area contributed by atoms with E-state index >= 15 is 0 Å². The molecule has 0 atom stereocenters. The molecular formula is C19H18ClF3N6O2. The van der Waals surface area contributed by atoms with Crippen LogP contribution in [0.3, 0.4) is 0 Å². The molecule has 0 aliphatic carbocycles. The van der Waals surface area contributed by atoms with E-state index in [0.29, 0.717) is 12.2 Å². The summed E-state index contributed by atoms with van der Waals surface area (Å²) in [6.45, 7) is 3.03. The van der Waals surface area contributed by atoms with Gasteiger partial charge in [-0.25, -0.2) is 0 Å². The van der Waals surface area contributed by atoms with Crippen molar-refractivity contribution in [3.8, 4) is 0 Å². The Morgan fingerprint density at radius 2 is 1.81 bits per heavy atom. The first-order valence-electron chi connectivity index (χ1n) is 9.14. The van der Waals surface area contributed by atoms with Crippen LogP contribution in [0.4, 0.5) is 24.5 Å². The summed E-state index contributed by atoms with van der Waals surface area (Å²) in [6, 6.07) is 8.66. The van der Waals surface area contributed by atoms with Crippen LogP contribution in [0.25, 0.3) is 0 Å². The molecule has 0 bridgehead atoms. The van der Waals surface area contributed by atoms with Crippen LogP contribution >= 0.6 is 11.6 Å². The number of anilines is 2. The van der Waals surface area contributed by atoms with Crippen LogP contribution < -0.4 is 10.6 Å². The molecule has 31 heavy (non-hydrogen) atoms. The Labute approximate surface area is 180 Å².